The Kier molecular flexibility index (Phi) is 7.20. The number of hydrogen-bond acceptors (Lipinski definition) is 2. The summed E-state index contributed by atoms with van der Waals surface area (Å²) in [5.74, 6) is 0. The second-order valence-electron chi connectivity index (χ2n) is 11.3. The molecule has 1 aliphatic rings. The first kappa shape index (κ1) is 26.1. The highest BCUT2D eigenvalue weighted by molar-refractivity contribution is 6.15. The quantitative estimate of drug-likeness (QED) is 0.160. The van der Waals surface area contributed by atoms with E-state index in [-0.39, 0.29) is 0 Å². The van der Waals surface area contributed by atoms with Crippen LogP contribution in [0.25, 0.3) is 27.1 Å². The molecule has 6 aromatic rings. The van der Waals surface area contributed by atoms with Crippen molar-refractivity contribution >= 4 is 49.9 Å². The Bertz CT molecular complexity index is 1870. The summed E-state index contributed by atoms with van der Waals surface area (Å²) in [6.07, 6.45) is 9.29. The fourth-order valence-electron chi connectivity index (χ4n) is 6.49. The zero-order valence-corrected chi connectivity index (χ0v) is 24.0. The van der Waals surface area contributed by atoms with Gasteiger partial charge in [-0.15, -0.1) is 0 Å². The average molecular weight is 545 g/mol. The van der Waals surface area contributed by atoms with Gasteiger partial charge in [0.1, 0.15) is 0 Å². The summed E-state index contributed by atoms with van der Waals surface area (Å²) < 4.78 is 0. The first-order chi connectivity index (χ1) is 20.8. The highest BCUT2D eigenvalue weighted by Crippen LogP contribution is 2.42. The van der Waals surface area contributed by atoms with Crippen molar-refractivity contribution < 1.29 is 0 Å². The van der Waals surface area contributed by atoms with Gasteiger partial charge in [-0.1, -0.05) is 103 Å². The molecule has 0 radical (unpaired) electrons. The van der Waals surface area contributed by atoms with Crippen molar-refractivity contribution in [1.29, 1.82) is 0 Å². The van der Waals surface area contributed by atoms with Gasteiger partial charge < -0.3 is 10.6 Å². The van der Waals surface area contributed by atoms with Gasteiger partial charge in [0.25, 0.3) is 0 Å². The molecule has 42 heavy (non-hydrogen) atoms. The molecule has 0 bridgehead atoms. The summed E-state index contributed by atoms with van der Waals surface area (Å²) in [7, 11) is 0. The highest BCUT2D eigenvalue weighted by Gasteiger charge is 2.17. The van der Waals surface area contributed by atoms with Crippen molar-refractivity contribution in [3.63, 3.8) is 0 Å². The predicted octanol–water partition coefficient (Wildman–Crippen LogP) is 10.8. The van der Waals surface area contributed by atoms with Crippen LogP contribution in [0.5, 0.6) is 0 Å². The van der Waals surface area contributed by atoms with Crippen molar-refractivity contribution in [1.82, 2.24) is 0 Å². The van der Waals surface area contributed by atoms with E-state index in [0.717, 1.165) is 41.0 Å². The lowest BCUT2D eigenvalue weighted by molar-refractivity contribution is 0.742. The maximum atomic E-state index is 6.81. The van der Waals surface area contributed by atoms with Gasteiger partial charge in [0, 0.05) is 27.8 Å². The lowest BCUT2D eigenvalue weighted by Crippen LogP contribution is -2.10. The minimum Gasteiger partial charge on any atom is -0.398 e. The molecule has 0 fully saturated rings. The number of rotatable bonds is 7. The molecule has 0 amide bonds. The fourth-order valence-corrected chi connectivity index (χ4v) is 6.49. The molecule has 7 rings (SSSR count). The number of allylic oxidation sites excluding steroid dienone is 2. The van der Waals surface area contributed by atoms with Crippen LogP contribution in [0, 0.1) is 0 Å². The molecule has 2 heteroatoms. The topological polar surface area (TPSA) is 29.3 Å². The molecule has 0 saturated heterocycles. The number of hydrogen-bond donors (Lipinski definition) is 1. The fraction of sp³-hybridized carbons (Fsp3) is 0.150. The smallest absolute Gasteiger partial charge is 0.0540 e. The van der Waals surface area contributed by atoms with Gasteiger partial charge >= 0.3 is 0 Å². The van der Waals surface area contributed by atoms with E-state index in [1.165, 1.54) is 64.1 Å². The standard InChI is InChI=1S/C40H36N2/c41-40-32(20-19-29-11-4-1-5-12-29)23-26-36-35-17-10-18-39(37(35)27-28-38(36)40)42(33-15-8-3-9-16-33)34-24-21-31(22-25-34)30-13-6-2-7-14-30/h1,3-5,8-13,15-18,21-28H,2,6-7,14,19-20,41H2. The van der Waals surface area contributed by atoms with Crippen molar-refractivity contribution in [2.24, 2.45) is 0 Å². The molecular weight excluding hydrogens is 508 g/mol. The Morgan fingerprint density at radius 3 is 2.00 bits per heavy atom. The Morgan fingerprint density at radius 2 is 1.24 bits per heavy atom. The first-order valence-electron chi connectivity index (χ1n) is 15.2. The summed E-state index contributed by atoms with van der Waals surface area (Å²) in [5, 5.41) is 4.75. The summed E-state index contributed by atoms with van der Waals surface area (Å²) >= 11 is 0. The van der Waals surface area contributed by atoms with Crippen molar-refractivity contribution in [2.45, 2.75) is 38.5 Å². The van der Waals surface area contributed by atoms with Gasteiger partial charge in [-0.2, -0.15) is 0 Å². The highest BCUT2D eigenvalue weighted by atomic mass is 15.1. The Hall–Kier alpha value is -4.82. The van der Waals surface area contributed by atoms with E-state index in [2.05, 4.69) is 138 Å². The minimum absolute atomic E-state index is 0.892. The van der Waals surface area contributed by atoms with Crippen LogP contribution in [-0.4, -0.2) is 0 Å². The van der Waals surface area contributed by atoms with Gasteiger partial charge in [0.2, 0.25) is 0 Å². The third-order valence-electron chi connectivity index (χ3n) is 8.74. The van der Waals surface area contributed by atoms with Crippen LogP contribution >= 0.6 is 0 Å². The molecule has 0 atom stereocenters. The molecule has 2 nitrogen and oxygen atoms in total. The van der Waals surface area contributed by atoms with E-state index in [4.69, 9.17) is 5.73 Å². The third-order valence-corrected chi connectivity index (χ3v) is 8.74. The van der Waals surface area contributed by atoms with Crippen molar-refractivity contribution in [3.05, 3.63) is 150 Å². The van der Waals surface area contributed by atoms with E-state index in [1.54, 1.807) is 0 Å². The lowest BCUT2D eigenvalue weighted by Gasteiger charge is -2.27. The molecule has 1 aliphatic carbocycles. The summed E-state index contributed by atoms with van der Waals surface area (Å²) in [5.41, 5.74) is 16.5. The summed E-state index contributed by atoms with van der Waals surface area (Å²) in [6.45, 7) is 0. The number of nitrogens with zero attached hydrogens (tertiary/aromatic N) is 1. The van der Waals surface area contributed by atoms with E-state index >= 15 is 0 Å². The Balaban J connectivity index is 1.30. The van der Waals surface area contributed by atoms with Crippen molar-refractivity contribution in [2.75, 3.05) is 10.6 Å². The molecule has 0 spiro atoms. The second-order valence-corrected chi connectivity index (χ2v) is 11.3. The first-order valence-corrected chi connectivity index (χ1v) is 15.2. The maximum Gasteiger partial charge on any atom is 0.0540 e. The number of aryl methyl sites for hydroxylation is 2. The van der Waals surface area contributed by atoms with Crippen LogP contribution in [0.2, 0.25) is 0 Å². The normalized spacial score (nSPS) is 13.3. The summed E-state index contributed by atoms with van der Waals surface area (Å²) in [6, 6.07) is 46.0. The third kappa shape index (κ3) is 5.05. The number of para-hydroxylation sites is 1. The Morgan fingerprint density at radius 1 is 0.548 bits per heavy atom. The van der Waals surface area contributed by atoms with Gasteiger partial charge in [-0.05, 0) is 102 Å². The lowest BCUT2D eigenvalue weighted by atomic mass is 9.93. The molecule has 0 saturated carbocycles. The second kappa shape index (κ2) is 11.6. The van der Waals surface area contributed by atoms with E-state index < -0.39 is 0 Å². The zero-order chi connectivity index (χ0) is 28.3. The molecule has 0 aliphatic heterocycles. The molecule has 6 aromatic carbocycles. The molecular formula is C40H36N2. The predicted molar refractivity (Wildman–Crippen MR) is 181 cm³/mol. The van der Waals surface area contributed by atoms with E-state index in [0.29, 0.717) is 0 Å². The number of fused-ring (bicyclic) bond motifs is 3. The van der Waals surface area contributed by atoms with Gasteiger partial charge in [-0.3, -0.25) is 0 Å². The number of nitrogen functional groups attached to an aromatic ring is 1. The number of benzene rings is 6. The van der Waals surface area contributed by atoms with Crippen LogP contribution in [0.1, 0.15) is 42.4 Å². The SMILES string of the molecule is Nc1c(CCc2ccccc2)ccc2c1ccc1c(N(c3ccccc3)c3ccc(C4=CCCCC4)cc3)cccc12. The van der Waals surface area contributed by atoms with Crippen LogP contribution in [-0.2, 0) is 12.8 Å². The number of anilines is 4. The maximum absolute atomic E-state index is 6.81. The van der Waals surface area contributed by atoms with Crippen LogP contribution in [0.15, 0.2) is 133 Å². The molecule has 0 aromatic heterocycles. The van der Waals surface area contributed by atoms with Gasteiger partial charge in [-0.25, -0.2) is 0 Å². The number of nitrogens with two attached hydrogens (primary N) is 1. The van der Waals surface area contributed by atoms with Crippen LogP contribution < -0.4 is 10.6 Å². The Labute approximate surface area is 248 Å². The average Bonchev–Trinajstić information content (AvgIpc) is 3.06. The van der Waals surface area contributed by atoms with Gasteiger partial charge in [0.15, 0.2) is 0 Å². The zero-order valence-electron chi connectivity index (χ0n) is 24.0. The molecule has 2 N–H and O–H groups in total. The van der Waals surface area contributed by atoms with Crippen molar-refractivity contribution in [3.8, 4) is 0 Å². The van der Waals surface area contributed by atoms with Crippen LogP contribution in [0.3, 0.4) is 0 Å². The molecule has 0 heterocycles. The molecule has 206 valence electrons. The minimum atomic E-state index is 0.892. The van der Waals surface area contributed by atoms with E-state index in [1.807, 2.05) is 0 Å². The van der Waals surface area contributed by atoms with Gasteiger partial charge in [0.05, 0.1) is 5.69 Å². The molecule has 0 unspecified atom stereocenters. The van der Waals surface area contributed by atoms with Crippen LogP contribution in [0.4, 0.5) is 22.7 Å². The van der Waals surface area contributed by atoms with E-state index in [9.17, 15) is 0 Å². The summed E-state index contributed by atoms with van der Waals surface area (Å²) in [4.78, 5) is 2.38. The largest absolute Gasteiger partial charge is 0.398 e. The monoisotopic (exact) mass is 544 g/mol.